The predicted octanol–water partition coefficient (Wildman–Crippen LogP) is 3.62. The van der Waals surface area contributed by atoms with E-state index < -0.39 is 0 Å². The highest BCUT2D eigenvalue weighted by Crippen LogP contribution is 2.33. The molecule has 1 aliphatic rings. The van der Waals surface area contributed by atoms with E-state index in [1.54, 1.807) is 7.11 Å². The van der Waals surface area contributed by atoms with Gasteiger partial charge in [0, 0.05) is 5.41 Å². The molecule has 0 atom stereocenters. The van der Waals surface area contributed by atoms with Crippen LogP contribution in [0.4, 0.5) is 0 Å². The molecule has 0 N–H and O–H groups in total. The van der Waals surface area contributed by atoms with Crippen LogP contribution in [-0.4, -0.2) is 7.11 Å². The van der Waals surface area contributed by atoms with Crippen molar-refractivity contribution in [1.82, 2.24) is 0 Å². The molecule has 0 aromatic rings. The number of methoxy groups -OCH3 is 1. The quantitative estimate of drug-likeness (QED) is 0.618. The Morgan fingerprint density at radius 3 is 2.29 bits per heavy atom. The molecule has 0 bridgehead atoms. The predicted molar refractivity (Wildman–Crippen MR) is 60.9 cm³/mol. The van der Waals surface area contributed by atoms with Crippen LogP contribution in [0.2, 0.25) is 0 Å². The third kappa shape index (κ3) is 2.38. The van der Waals surface area contributed by atoms with Gasteiger partial charge in [-0.2, -0.15) is 0 Å². The second kappa shape index (κ2) is 4.85. The van der Waals surface area contributed by atoms with E-state index in [2.05, 4.69) is 50.3 Å². The lowest BCUT2D eigenvalue weighted by Crippen LogP contribution is -2.13. The van der Waals surface area contributed by atoms with Crippen molar-refractivity contribution in [2.24, 2.45) is 5.41 Å². The number of rotatable bonds is 3. The molecule has 1 aliphatic carbocycles. The van der Waals surface area contributed by atoms with Gasteiger partial charge in [-0.25, -0.2) is 0 Å². The monoisotopic (exact) mass is 190 g/mol. The van der Waals surface area contributed by atoms with E-state index in [1.807, 2.05) is 6.08 Å². The van der Waals surface area contributed by atoms with E-state index in [4.69, 9.17) is 4.74 Å². The van der Waals surface area contributed by atoms with Crippen molar-refractivity contribution < 1.29 is 4.74 Å². The van der Waals surface area contributed by atoms with Crippen molar-refractivity contribution in [3.63, 3.8) is 0 Å². The zero-order valence-corrected chi connectivity index (χ0v) is 9.16. The van der Waals surface area contributed by atoms with Gasteiger partial charge in [-0.3, -0.25) is 0 Å². The molecule has 0 saturated heterocycles. The molecule has 0 unspecified atom stereocenters. The van der Waals surface area contributed by atoms with E-state index in [0.29, 0.717) is 0 Å². The van der Waals surface area contributed by atoms with Gasteiger partial charge >= 0.3 is 0 Å². The van der Waals surface area contributed by atoms with Crippen LogP contribution in [0.25, 0.3) is 0 Å². The summed E-state index contributed by atoms with van der Waals surface area (Å²) < 4.78 is 5.17. The molecule has 0 amide bonds. The maximum atomic E-state index is 5.17. The first-order chi connectivity index (χ1) is 6.76. The van der Waals surface area contributed by atoms with Crippen LogP contribution >= 0.6 is 0 Å². The third-order valence-corrected chi connectivity index (χ3v) is 2.40. The van der Waals surface area contributed by atoms with E-state index in [1.165, 1.54) is 0 Å². The van der Waals surface area contributed by atoms with Crippen molar-refractivity contribution in [1.29, 1.82) is 0 Å². The number of hydrogen-bond donors (Lipinski definition) is 0. The molecule has 14 heavy (non-hydrogen) atoms. The molecule has 0 aromatic heterocycles. The molecule has 76 valence electrons. The molecule has 0 aromatic carbocycles. The minimum absolute atomic E-state index is 0.0610. The average molecular weight is 190 g/mol. The highest BCUT2D eigenvalue weighted by molar-refractivity contribution is 5.31. The third-order valence-electron chi connectivity index (χ3n) is 2.40. The highest BCUT2D eigenvalue weighted by atomic mass is 16.5. The Balaban J connectivity index is 2.86. The Morgan fingerprint density at radius 2 is 1.93 bits per heavy atom. The zero-order chi connectivity index (χ0) is 10.4. The van der Waals surface area contributed by atoms with Crippen LogP contribution in [0.1, 0.15) is 20.3 Å². The highest BCUT2D eigenvalue weighted by Gasteiger charge is 2.21. The number of allylic oxidation sites excluding steroid dienone is 7. The number of hydrogen-bond acceptors (Lipinski definition) is 1. The summed E-state index contributed by atoms with van der Waals surface area (Å²) in [4.78, 5) is 0. The van der Waals surface area contributed by atoms with Crippen molar-refractivity contribution >= 4 is 0 Å². The summed E-state index contributed by atoms with van der Waals surface area (Å²) >= 11 is 0. The normalized spacial score (nSPS) is 27.2. The first kappa shape index (κ1) is 10.8. The lowest BCUT2D eigenvalue weighted by atomic mass is 9.80. The smallest absolute Gasteiger partial charge is 0.114 e. The van der Waals surface area contributed by atoms with Crippen molar-refractivity contribution in [3.05, 3.63) is 48.3 Å². The summed E-state index contributed by atoms with van der Waals surface area (Å²) in [5.74, 6) is 0.953. The van der Waals surface area contributed by atoms with Gasteiger partial charge in [0.05, 0.1) is 7.11 Å². The maximum absolute atomic E-state index is 5.17. The molecule has 1 nitrogen and oxygen atoms in total. The summed E-state index contributed by atoms with van der Waals surface area (Å²) in [7, 11) is 1.70. The van der Waals surface area contributed by atoms with Gasteiger partial charge in [0.15, 0.2) is 0 Å². The minimum Gasteiger partial charge on any atom is -0.497 e. The molecule has 0 radical (unpaired) electrons. The fourth-order valence-electron chi connectivity index (χ4n) is 1.73. The van der Waals surface area contributed by atoms with Crippen LogP contribution in [0, 0.1) is 5.41 Å². The van der Waals surface area contributed by atoms with Crippen molar-refractivity contribution in [3.8, 4) is 0 Å². The second-order valence-corrected chi connectivity index (χ2v) is 3.46. The van der Waals surface area contributed by atoms with E-state index in [0.717, 1.165) is 12.2 Å². The van der Waals surface area contributed by atoms with Gasteiger partial charge in [-0.05, 0) is 32.4 Å². The van der Waals surface area contributed by atoms with Crippen LogP contribution in [0.15, 0.2) is 48.3 Å². The molecule has 1 rings (SSSR count). The summed E-state index contributed by atoms with van der Waals surface area (Å²) in [6.45, 7) is 4.10. The Kier molecular flexibility index (Phi) is 3.75. The summed E-state index contributed by atoms with van der Waals surface area (Å²) in [5.41, 5.74) is 0.0610. The molecule has 0 spiro atoms. The summed E-state index contributed by atoms with van der Waals surface area (Å²) in [6.07, 6.45) is 15.9. The van der Waals surface area contributed by atoms with E-state index in [9.17, 15) is 0 Å². The number of ether oxygens (including phenoxy) is 1. The Morgan fingerprint density at radius 1 is 1.29 bits per heavy atom. The van der Waals surface area contributed by atoms with Crippen molar-refractivity contribution in [2.45, 2.75) is 20.3 Å². The van der Waals surface area contributed by atoms with Crippen LogP contribution in [0.5, 0.6) is 0 Å². The zero-order valence-electron chi connectivity index (χ0n) is 9.16. The maximum Gasteiger partial charge on any atom is 0.114 e. The topological polar surface area (TPSA) is 9.23 Å². The summed E-state index contributed by atoms with van der Waals surface area (Å²) in [6, 6.07) is 0. The average Bonchev–Trinajstić information content (AvgIpc) is 2.20. The fourth-order valence-corrected chi connectivity index (χ4v) is 1.73. The lowest BCUT2D eigenvalue weighted by molar-refractivity contribution is 0.300. The summed E-state index contributed by atoms with van der Waals surface area (Å²) in [5, 5.41) is 0. The molecule has 1 heteroatoms. The lowest BCUT2D eigenvalue weighted by Gasteiger charge is -2.25. The Bertz CT molecular complexity index is 280. The first-order valence-corrected chi connectivity index (χ1v) is 4.97. The fraction of sp³-hybridized carbons (Fsp3) is 0.385. The second-order valence-electron chi connectivity index (χ2n) is 3.46. The van der Waals surface area contributed by atoms with Gasteiger partial charge in [-0.1, -0.05) is 30.4 Å². The molecule has 0 saturated carbocycles. The first-order valence-electron chi connectivity index (χ1n) is 4.97. The van der Waals surface area contributed by atoms with Gasteiger partial charge in [0.2, 0.25) is 0 Å². The van der Waals surface area contributed by atoms with Crippen molar-refractivity contribution in [2.75, 3.05) is 7.11 Å². The van der Waals surface area contributed by atoms with E-state index in [-0.39, 0.29) is 5.41 Å². The van der Waals surface area contributed by atoms with Gasteiger partial charge in [-0.15, -0.1) is 0 Å². The van der Waals surface area contributed by atoms with E-state index >= 15 is 0 Å². The van der Waals surface area contributed by atoms with Crippen LogP contribution in [-0.2, 0) is 4.74 Å². The molecule has 0 aliphatic heterocycles. The standard InChI is InChI=1S/C13H18O/c1-4-8-13(9-5-2)10-6-12(14-3)7-11-13/h4-10H,11H2,1-3H3. The van der Waals surface area contributed by atoms with Gasteiger partial charge < -0.3 is 4.74 Å². The largest absolute Gasteiger partial charge is 0.497 e. The Hall–Kier alpha value is -1.24. The Labute approximate surface area is 86.5 Å². The van der Waals surface area contributed by atoms with Gasteiger partial charge in [0.25, 0.3) is 0 Å². The van der Waals surface area contributed by atoms with Gasteiger partial charge in [0.1, 0.15) is 5.76 Å². The SMILES string of the molecule is CC=CC1(C=CC)C=CC(OC)=CC1. The molecular formula is C13H18O. The molecule has 0 fully saturated rings. The minimum atomic E-state index is 0.0610. The molecular weight excluding hydrogens is 172 g/mol. The van der Waals surface area contributed by atoms with Crippen LogP contribution < -0.4 is 0 Å². The van der Waals surface area contributed by atoms with Crippen LogP contribution in [0.3, 0.4) is 0 Å². The molecule has 0 heterocycles.